The zero-order valence-electron chi connectivity index (χ0n) is 8.73. The monoisotopic (exact) mass is 251 g/mol. The van der Waals surface area contributed by atoms with E-state index in [0.29, 0.717) is 6.42 Å². The summed E-state index contributed by atoms with van der Waals surface area (Å²) in [6.07, 6.45) is 0.695. The molecule has 4 nitrogen and oxygen atoms in total. The molecule has 0 saturated heterocycles. The minimum Gasteiger partial charge on any atom is -0.375 e. The lowest BCUT2D eigenvalue weighted by Crippen LogP contribution is -2.37. The Hall–Kier alpha value is -0.630. The van der Waals surface area contributed by atoms with Crippen LogP contribution in [0.4, 0.5) is 8.78 Å². The van der Waals surface area contributed by atoms with Crippen LogP contribution in [0.5, 0.6) is 0 Å². The number of alkyl halides is 2. The first-order chi connectivity index (χ1) is 7.72. The average Bonchev–Trinajstić information content (AvgIpc) is 2.75. The van der Waals surface area contributed by atoms with Crippen LogP contribution in [0.1, 0.15) is 11.3 Å². The number of aromatic nitrogens is 1. The molecule has 0 aliphatic rings. The third kappa shape index (κ3) is 5.45. The Kier molecular flexibility index (Phi) is 6.39. The normalized spacial score (nSPS) is 13.2. The highest BCUT2D eigenvalue weighted by Crippen LogP contribution is 2.10. The molecule has 0 aliphatic heterocycles. The van der Waals surface area contributed by atoms with Gasteiger partial charge in [0.15, 0.2) is 0 Å². The number of rotatable bonds is 8. The quantitative estimate of drug-likeness (QED) is 0.414. The summed E-state index contributed by atoms with van der Waals surface area (Å²) in [7, 11) is 0. The van der Waals surface area contributed by atoms with E-state index < -0.39 is 13.0 Å². The zero-order valence-corrected chi connectivity index (χ0v) is 9.55. The molecule has 0 aromatic carbocycles. The number of nitrogens with zero attached hydrogens (tertiary/aromatic N) is 1. The smallest absolute Gasteiger partial charge is 0.261 e. The minimum atomic E-state index is -2.41. The minimum absolute atomic E-state index is 0.0260. The molecule has 1 unspecified atom stereocenters. The molecule has 0 fully saturated rings. The van der Waals surface area contributed by atoms with Crippen LogP contribution >= 0.6 is 11.3 Å². The SMILES string of the molecule is NNC(CCOCC(F)F)Cc1cncs1. The molecule has 0 amide bonds. The molecule has 0 radical (unpaired) electrons. The number of hydrazine groups is 1. The molecule has 1 rings (SSSR count). The molecule has 0 bridgehead atoms. The Morgan fingerprint density at radius 3 is 2.94 bits per heavy atom. The van der Waals surface area contributed by atoms with Crippen molar-refractivity contribution in [3.8, 4) is 0 Å². The van der Waals surface area contributed by atoms with Gasteiger partial charge in [0.2, 0.25) is 0 Å². The summed E-state index contributed by atoms with van der Waals surface area (Å²) in [6, 6.07) is 0.0260. The fraction of sp³-hybridized carbons (Fsp3) is 0.667. The molecule has 1 aromatic rings. The van der Waals surface area contributed by atoms with E-state index in [1.54, 1.807) is 23.0 Å². The van der Waals surface area contributed by atoms with Gasteiger partial charge in [-0.15, -0.1) is 11.3 Å². The summed E-state index contributed by atoms with van der Waals surface area (Å²) in [5.41, 5.74) is 4.39. The molecular weight excluding hydrogens is 236 g/mol. The van der Waals surface area contributed by atoms with Gasteiger partial charge >= 0.3 is 0 Å². The van der Waals surface area contributed by atoms with E-state index in [4.69, 9.17) is 10.6 Å². The Balaban J connectivity index is 2.17. The number of nitrogens with two attached hydrogens (primary N) is 1. The highest BCUT2D eigenvalue weighted by atomic mass is 32.1. The first-order valence-electron chi connectivity index (χ1n) is 4.91. The van der Waals surface area contributed by atoms with Crippen LogP contribution in [0.2, 0.25) is 0 Å². The van der Waals surface area contributed by atoms with Crippen LogP contribution < -0.4 is 11.3 Å². The molecule has 3 N–H and O–H groups in total. The van der Waals surface area contributed by atoms with Gasteiger partial charge in [0, 0.05) is 30.1 Å². The largest absolute Gasteiger partial charge is 0.375 e. The van der Waals surface area contributed by atoms with E-state index in [0.717, 1.165) is 11.3 Å². The third-order valence-corrected chi connectivity index (χ3v) is 2.82. The number of thiazole rings is 1. The molecule has 92 valence electrons. The van der Waals surface area contributed by atoms with Crippen LogP contribution in [0.3, 0.4) is 0 Å². The van der Waals surface area contributed by atoms with Crippen LogP contribution in [0, 0.1) is 0 Å². The van der Waals surface area contributed by atoms with Gasteiger partial charge in [0.1, 0.15) is 6.61 Å². The van der Waals surface area contributed by atoms with Crippen molar-refractivity contribution >= 4 is 11.3 Å². The van der Waals surface area contributed by atoms with E-state index in [1.807, 2.05) is 0 Å². The van der Waals surface area contributed by atoms with Gasteiger partial charge in [-0.05, 0) is 6.42 Å². The molecule has 1 aromatic heterocycles. The Morgan fingerprint density at radius 2 is 2.38 bits per heavy atom. The molecule has 0 saturated carbocycles. The second kappa shape index (κ2) is 7.61. The van der Waals surface area contributed by atoms with Gasteiger partial charge in [0.25, 0.3) is 6.43 Å². The predicted molar refractivity (Wildman–Crippen MR) is 58.4 cm³/mol. The maximum absolute atomic E-state index is 11.8. The summed E-state index contributed by atoms with van der Waals surface area (Å²) in [5.74, 6) is 5.36. The highest BCUT2D eigenvalue weighted by Gasteiger charge is 2.09. The summed E-state index contributed by atoms with van der Waals surface area (Å²) < 4.78 is 28.3. The molecule has 16 heavy (non-hydrogen) atoms. The summed E-state index contributed by atoms with van der Waals surface area (Å²) in [6.45, 7) is -0.240. The molecular formula is C9H15F2N3OS. The van der Waals surface area contributed by atoms with Crippen molar-refractivity contribution in [1.29, 1.82) is 0 Å². The van der Waals surface area contributed by atoms with Crippen molar-refractivity contribution in [1.82, 2.24) is 10.4 Å². The lowest BCUT2D eigenvalue weighted by atomic mass is 10.1. The third-order valence-electron chi connectivity index (χ3n) is 2.02. The Morgan fingerprint density at radius 1 is 1.56 bits per heavy atom. The summed E-state index contributed by atoms with van der Waals surface area (Å²) in [4.78, 5) is 5.06. The predicted octanol–water partition coefficient (Wildman–Crippen LogP) is 1.19. The second-order valence-corrected chi connectivity index (χ2v) is 4.26. The number of hydrogen-bond donors (Lipinski definition) is 2. The molecule has 7 heteroatoms. The molecule has 0 spiro atoms. The van der Waals surface area contributed by atoms with Crippen molar-refractivity contribution in [2.45, 2.75) is 25.3 Å². The molecule has 0 aliphatic carbocycles. The first kappa shape index (κ1) is 13.4. The maximum Gasteiger partial charge on any atom is 0.261 e. The summed E-state index contributed by atoms with van der Waals surface area (Å²) >= 11 is 1.54. The van der Waals surface area contributed by atoms with Crippen molar-refractivity contribution < 1.29 is 13.5 Å². The average molecular weight is 251 g/mol. The highest BCUT2D eigenvalue weighted by molar-refractivity contribution is 7.09. The number of halogens is 2. The fourth-order valence-corrected chi connectivity index (χ4v) is 1.90. The van der Waals surface area contributed by atoms with Gasteiger partial charge in [-0.2, -0.15) is 0 Å². The van der Waals surface area contributed by atoms with E-state index in [1.165, 1.54) is 0 Å². The zero-order chi connectivity index (χ0) is 11.8. The first-order valence-corrected chi connectivity index (χ1v) is 5.79. The maximum atomic E-state index is 11.8. The number of hydrogen-bond acceptors (Lipinski definition) is 5. The van der Waals surface area contributed by atoms with E-state index in [2.05, 4.69) is 10.4 Å². The lowest BCUT2D eigenvalue weighted by Gasteiger charge is -2.14. The molecule has 1 heterocycles. The van der Waals surface area contributed by atoms with E-state index in [9.17, 15) is 8.78 Å². The van der Waals surface area contributed by atoms with Crippen molar-refractivity contribution in [2.24, 2.45) is 5.84 Å². The van der Waals surface area contributed by atoms with Crippen LogP contribution in [0.25, 0.3) is 0 Å². The standard InChI is InChI=1S/C9H15F2N3OS/c10-9(11)5-15-2-1-7(14-12)3-8-4-13-6-16-8/h4,6-7,9,14H,1-3,5,12H2. The van der Waals surface area contributed by atoms with Gasteiger partial charge in [-0.3, -0.25) is 16.3 Å². The fourth-order valence-electron chi connectivity index (χ4n) is 1.23. The Bertz CT molecular complexity index is 272. The van der Waals surface area contributed by atoms with E-state index in [-0.39, 0.29) is 12.6 Å². The van der Waals surface area contributed by atoms with Crippen LogP contribution in [0.15, 0.2) is 11.7 Å². The van der Waals surface area contributed by atoms with E-state index >= 15 is 0 Å². The Labute approximate surface area is 96.8 Å². The van der Waals surface area contributed by atoms with Crippen molar-refractivity contribution in [3.63, 3.8) is 0 Å². The van der Waals surface area contributed by atoms with Gasteiger partial charge < -0.3 is 4.74 Å². The lowest BCUT2D eigenvalue weighted by molar-refractivity contribution is 0.0144. The number of ether oxygens (including phenoxy) is 1. The van der Waals surface area contributed by atoms with Crippen LogP contribution in [-0.4, -0.2) is 30.7 Å². The van der Waals surface area contributed by atoms with Crippen molar-refractivity contribution in [3.05, 3.63) is 16.6 Å². The topological polar surface area (TPSA) is 60.2 Å². The van der Waals surface area contributed by atoms with Crippen molar-refractivity contribution in [2.75, 3.05) is 13.2 Å². The van der Waals surface area contributed by atoms with Gasteiger partial charge in [0.05, 0.1) is 5.51 Å². The van der Waals surface area contributed by atoms with Gasteiger partial charge in [-0.25, -0.2) is 8.78 Å². The van der Waals surface area contributed by atoms with Crippen LogP contribution in [-0.2, 0) is 11.2 Å². The second-order valence-electron chi connectivity index (χ2n) is 3.29. The molecule has 1 atom stereocenters. The van der Waals surface area contributed by atoms with Gasteiger partial charge in [-0.1, -0.05) is 0 Å². The number of nitrogens with one attached hydrogen (secondary N) is 1. The summed E-state index contributed by atoms with van der Waals surface area (Å²) in [5, 5.41) is 0.